The molecule has 1 aromatic rings. The zero-order valence-corrected chi connectivity index (χ0v) is 12.6. The van der Waals surface area contributed by atoms with Gasteiger partial charge in [0.25, 0.3) is 0 Å². The van der Waals surface area contributed by atoms with Gasteiger partial charge in [0.05, 0.1) is 12.7 Å². The third kappa shape index (κ3) is 2.56. The molecule has 0 spiro atoms. The summed E-state index contributed by atoms with van der Waals surface area (Å²) in [7, 11) is 1.66. The molecule has 1 saturated carbocycles. The minimum absolute atomic E-state index is 0.0926. The van der Waals surface area contributed by atoms with Gasteiger partial charge in [-0.1, -0.05) is 25.0 Å². The molecular formula is C17H25NO3. The lowest BCUT2D eigenvalue weighted by atomic mass is 9.63. The molecule has 0 aromatic heterocycles. The molecule has 4 heteroatoms. The van der Waals surface area contributed by atoms with Crippen LogP contribution in [0.4, 0.5) is 0 Å². The molecule has 1 aromatic carbocycles. The van der Waals surface area contributed by atoms with Gasteiger partial charge in [-0.15, -0.1) is 0 Å². The summed E-state index contributed by atoms with van der Waals surface area (Å²) in [6, 6.07) is 7.84. The van der Waals surface area contributed by atoms with Crippen LogP contribution < -0.4 is 10.1 Å². The summed E-state index contributed by atoms with van der Waals surface area (Å²) in [6.45, 7) is 0.764. The molecule has 0 bridgehead atoms. The van der Waals surface area contributed by atoms with Crippen molar-refractivity contribution >= 4 is 0 Å². The highest BCUT2D eigenvalue weighted by molar-refractivity contribution is 5.28. The fourth-order valence-corrected chi connectivity index (χ4v) is 3.96. The van der Waals surface area contributed by atoms with E-state index in [-0.39, 0.29) is 6.04 Å². The lowest BCUT2D eigenvalue weighted by Crippen LogP contribution is -2.71. The Bertz CT molecular complexity index is 485. The third-order valence-electron chi connectivity index (χ3n) is 5.31. The van der Waals surface area contributed by atoms with Crippen molar-refractivity contribution in [2.75, 3.05) is 13.7 Å². The highest BCUT2D eigenvalue weighted by Crippen LogP contribution is 2.44. The average Bonchev–Trinajstić information content (AvgIpc) is 2.49. The second-order valence-corrected chi connectivity index (χ2v) is 6.47. The molecule has 3 N–H and O–H groups in total. The maximum atomic E-state index is 11.1. The van der Waals surface area contributed by atoms with Crippen LogP contribution in [0.15, 0.2) is 24.3 Å². The van der Waals surface area contributed by atoms with Crippen LogP contribution in [0.5, 0.6) is 5.75 Å². The van der Waals surface area contributed by atoms with Gasteiger partial charge in [-0.3, -0.25) is 0 Å². The van der Waals surface area contributed by atoms with Gasteiger partial charge in [0.2, 0.25) is 0 Å². The second-order valence-electron chi connectivity index (χ2n) is 6.47. The first-order valence-electron chi connectivity index (χ1n) is 7.88. The molecule has 0 radical (unpaired) electrons. The second kappa shape index (κ2) is 5.59. The van der Waals surface area contributed by atoms with Crippen molar-refractivity contribution in [2.45, 2.75) is 55.8 Å². The van der Waals surface area contributed by atoms with E-state index in [4.69, 9.17) is 4.74 Å². The Hall–Kier alpha value is -1.10. The lowest BCUT2D eigenvalue weighted by Gasteiger charge is -2.54. The fourth-order valence-electron chi connectivity index (χ4n) is 3.96. The zero-order valence-electron chi connectivity index (χ0n) is 12.6. The van der Waals surface area contributed by atoms with Gasteiger partial charge >= 0.3 is 0 Å². The maximum absolute atomic E-state index is 11.1. The van der Waals surface area contributed by atoms with Crippen LogP contribution in [0.2, 0.25) is 0 Å². The first-order valence-corrected chi connectivity index (χ1v) is 7.88. The third-order valence-corrected chi connectivity index (χ3v) is 5.31. The number of fused-ring (bicyclic) bond motifs is 1. The van der Waals surface area contributed by atoms with Crippen LogP contribution in [0, 0.1) is 0 Å². The zero-order chi connectivity index (χ0) is 14.9. The summed E-state index contributed by atoms with van der Waals surface area (Å²) in [5.74, 6) is 0.836. The van der Waals surface area contributed by atoms with E-state index in [1.54, 1.807) is 7.11 Å². The van der Waals surface area contributed by atoms with Gasteiger partial charge in [-0.05, 0) is 49.9 Å². The van der Waals surface area contributed by atoms with Crippen LogP contribution in [-0.4, -0.2) is 41.1 Å². The molecular weight excluding hydrogens is 266 g/mol. The molecule has 2 aliphatic rings. The first-order chi connectivity index (χ1) is 10.1. The molecule has 2 fully saturated rings. The van der Waals surface area contributed by atoms with Crippen molar-refractivity contribution in [3.63, 3.8) is 0 Å². The van der Waals surface area contributed by atoms with Crippen molar-refractivity contribution in [1.29, 1.82) is 0 Å². The van der Waals surface area contributed by atoms with E-state index >= 15 is 0 Å². The number of nitrogens with one attached hydrogen (secondary N) is 1. The van der Waals surface area contributed by atoms with Crippen molar-refractivity contribution in [1.82, 2.24) is 5.32 Å². The largest absolute Gasteiger partial charge is 0.497 e. The number of methoxy groups -OCH3 is 1. The predicted molar refractivity (Wildman–Crippen MR) is 81.5 cm³/mol. The van der Waals surface area contributed by atoms with E-state index in [0.717, 1.165) is 37.1 Å². The van der Waals surface area contributed by atoms with Crippen molar-refractivity contribution in [3.8, 4) is 5.75 Å². The maximum Gasteiger partial charge on any atom is 0.118 e. The van der Waals surface area contributed by atoms with Crippen LogP contribution in [0.1, 0.15) is 37.7 Å². The number of hydrogen-bond acceptors (Lipinski definition) is 4. The van der Waals surface area contributed by atoms with Gasteiger partial charge in [0, 0.05) is 6.04 Å². The molecule has 3 rings (SSSR count). The van der Waals surface area contributed by atoms with Crippen molar-refractivity contribution in [3.05, 3.63) is 29.8 Å². The molecule has 3 atom stereocenters. The summed E-state index contributed by atoms with van der Waals surface area (Å²) in [5, 5.41) is 25.4. The topological polar surface area (TPSA) is 61.7 Å². The molecule has 1 aliphatic carbocycles. The molecule has 1 heterocycles. The summed E-state index contributed by atoms with van der Waals surface area (Å²) < 4.78 is 5.18. The quantitative estimate of drug-likeness (QED) is 0.792. The number of piperidine rings is 1. The monoisotopic (exact) mass is 291 g/mol. The van der Waals surface area contributed by atoms with E-state index in [9.17, 15) is 10.2 Å². The molecule has 116 valence electrons. The summed E-state index contributed by atoms with van der Waals surface area (Å²) >= 11 is 0. The summed E-state index contributed by atoms with van der Waals surface area (Å²) in [5.41, 5.74) is -0.784. The summed E-state index contributed by atoms with van der Waals surface area (Å²) in [4.78, 5) is 0. The number of ether oxygens (including phenoxy) is 1. The number of aliphatic hydroxyl groups is 2. The van der Waals surface area contributed by atoms with E-state index in [2.05, 4.69) is 5.32 Å². The molecule has 1 saturated heterocycles. The minimum atomic E-state index is -1.01. The Balaban J connectivity index is 1.79. The van der Waals surface area contributed by atoms with Gasteiger partial charge in [-0.2, -0.15) is 0 Å². The number of rotatable bonds is 3. The lowest BCUT2D eigenvalue weighted by molar-refractivity contribution is -0.207. The van der Waals surface area contributed by atoms with Crippen LogP contribution in [0.25, 0.3) is 0 Å². The van der Waals surface area contributed by atoms with Gasteiger partial charge < -0.3 is 20.3 Å². The highest BCUT2D eigenvalue weighted by atomic mass is 16.5. The summed E-state index contributed by atoms with van der Waals surface area (Å²) in [6.07, 6.45) is 4.75. The number of benzene rings is 1. The Kier molecular flexibility index (Phi) is 3.95. The standard InChI is InChI=1S/C17H25NO3/c1-21-14-6-4-13(5-7-14)12-15-17(20)9-3-2-8-16(17,19)10-11-18-15/h4-7,15,18-20H,2-3,8-12H2,1H3/t15-,16+,17+/m0/s1. The van der Waals surface area contributed by atoms with Crippen LogP contribution >= 0.6 is 0 Å². The molecule has 0 amide bonds. The first kappa shape index (κ1) is 14.8. The van der Waals surface area contributed by atoms with Crippen LogP contribution in [0.3, 0.4) is 0 Å². The van der Waals surface area contributed by atoms with E-state index in [1.165, 1.54) is 0 Å². The smallest absolute Gasteiger partial charge is 0.118 e. The Morgan fingerprint density at radius 1 is 1.14 bits per heavy atom. The van der Waals surface area contributed by atoms with Gasteiger partial charge in [0.1, 0.15) is 11.4 Å². The van der Waals surface area contributed by atoms with E-state index in [0.29, 0.717) is 19.3 Å². The molecule has 4 nitrogen and oxygen atoms in total. The van der Waals surface area contributed by atoms with E-state index in [1.807, 2.05) is 24.3 Å². The van der Waals surface area contributed by atoms with Crippen molar-refractivity contribution in [2.24, 2.45) is 0 Å². The Labute approximate surface area is 126 Å². The SMILES string of the molecule is COc1ccc(C[C@@H]2NCC[C@]3(O)CCCC[C@@]23O)cc1. The van der Waals surface area contributed by atoms with Gasteiger partial charge in [-0.25, -0.2) is 0 Å². The molecule has 1 aliphatic heterocycles. The highest BCUT2D eigenvalue weighted by Gasteiger charge is 2.56. The Morgan fingerprint density at radius 2 is 1.86 bits per heavy atom. The molecule has 0 unspecified atom stereocenters. The minimum Gasteiger partial charge on any atom is -0.497 e. The van der Waals surface area contributed by atoms with Gasteiger partial charge in [0.15, 0.2) is 0 Å². The molecule has 21 heavy (non-hydrogen) atoms. The fraction of sp³-hybridized carbons (Fsp3) is 0.647. The Morgan fingerprint density at radius 3 is 2.57 bits per heavy atom. The predicted octanol–water partition coefficient (Wildman–Crippen LogP) is 1.64. The van der Waals surface area contributed by atoms with E-state index < -0.39 is 11.2 Å². The van der Waals surface area contributed by atoms with Crippen molar-refractivity contribution < 1.29 is 14.9 Å². The average molecular weight is 291 g/mol. The van der Waals surface area contributed by atoms with Crippen LogP contribution in [-0.2, 0) is 6.42 Å². The normalized spacial score (nSPS) is 36.0. The number of hydrogen-bond donors (Lipinski definition) is 3.